The standard InChI is InChI=1S/C22H27N3O4/c1-22(2,3)24-10-8-13(9-11-24)14-4-5-15-16(12-14)21(29)25(20(15)28)17-6-7-18(26)23-19(17)27/h4-5,12-13,17H,6-11H2,1-3H3,(H,23,26,27)/i8D2,9D2,10D2,11D2. The smallest absolute Gasteiger partial charge is 0.262 e. The molecule has 1 atom stereocenters. The number of imide groups is 2. The molecule has 0 aliphatic carbocycles. The Morgan fingerprint density at radius 3 is 2.31 bits per heavy atom. The van der Waals surface area contributed by atoms with Crippen molar-refractivity contribution in [1.82, 2.24) is 15.1 Å². The average molecular weight is 406 g/mol. The van der Waals surface area contributed by atoms with E-state index in [9.17, 15) is 19.2 Å². The van der Waals surface area contributed by atoms with Gasteiger partial charge in [0.25, 0.3) is 11.8 Å². The van der Waals surface area contributed by atoms with E-state index in [1.165, 1.54) is 32.9 Å². The van der Waals surface area contributed by atoms with Gasteiger partial charge < -0.3 is 0 Å². The number of nitrogens with zero attached hydrogens (tertiary/aromatic N) is 2. The summed E-state index contributed by atoms with van der Waals surface area (Å²) in [6.45, 7) is -1.60. The lowest BCUT2D eigenvalue weighted by molar-refractivity contribution is -0.136. The van der Waals surface area contributed by atoms with E-state index in [2.05, 4.69) is 5.32 Å². The maximum atomic E-state index is 13.2. The number of nitrogens with one attached hydrogen (secondary N) is 1. The van der Waals surface area contributed by atoms with Crippen molar-refractivity contribution in [1.29, 1.82) is 0 Å². The zero-order valence-electron chi connectivity index (χ0n) is 24.3. The van der Waals surface area contributed by atoms with Crippen LogP contribution in [0.5, 0.6) is 0 Å². The van der Waals surface area contributed by atoms with Gasteiger partial charge in [-0.05, 0) is 76.5 Å². The Hall–Kier alpha value is -2.54. The second-order valence-corrected chi connectivity index (χ2v) is 8.20. The molecule has 3 aliphatic heterocycles. The first-order valence-electron chi connectivity index (χ1n) is 13.3. The molecule has 4 amide bonds. The van der Waals surface area contributed by atoms with Crippen molar-refractivity contribution in [3.63, 3.8) is 0 Å². The van der Waals surface area contributed by atoms with E-state index in [0.717, 1.165) is 6.07 Å². The SMILES string of the molecule is [2H]C1([2H])C(c2ccc3c(c2)C(=O)N(C2CCC(=O)NC2=O)C3=O)C([2H])([2H])C([2H])([2H])N(C(C)(C)C)C1([2H])[2H]. The van der Waals surface area contributed by atoms with Crippen LogP contribution in [0.15, 0.2) is 18.2 Å². The van der Waals surface area contributed by atoms with Crippen LogP contribution in [0.25, 0.3) is 0 Å². The van der Waals surface area contributed by atoms with E-state index in [0.29, 0.717) is 9.80 Å². The van der Waals surface area contributed by atoms with Crippen LogP contribution in [-0.4, -0.2) is 58.0 Å². The molecule has 1 unspecified atom stereocenters. The number of hydrogen-bond acceptors (Lipinski definition) is 5. The van der Waals surface area contributed by atoms with Gasteiger partial charge in [-0.2, -0.15) is 0 Å². The van der Waals surface area contributed by atoms with Crippen molar-refractivity contribution in [3.8, 4) is 0 Å². The molecule has 0 aromatic heterocycles. The van der Waals surface area contributed by atoms with Crippen LogP contribution in [0.4, 0.5) is 0 Å². The maximum absolute atomic E-state index is 13.2. The number of hydrogen-bond donors (Lipinski definition) is 1. The highest BCUT2D eigenvalue weighted by Crippen LogP contribution is 2.34. The molecule has 0 spiro atoms. The third kappa shape index (κ3) is 3.48. The first-order chi connectivity index (χ1) is 16.7. The monoisotopic (exact) mass is 405 g/mol. The molecule has 0 radical (unpaired) electrons. The van der Waals surface area contributed by atoms with E-state index in [1.807, 2.05) is 0 Å². The van der Waals surface area contributed by atoms with Crippen molar-refractivity contribution in [3.05, 3.63) is 34.9 Å². The number of amides is 4. The van der Waals surface area contributed by atoms with Gasteiger partial charge in [-0.3, -0.25) is 34.3 Å². The highest BCUT2D eigenvalue weighted by molar-refractivity contribution is 6.23. The van der Waals surface area contributed by atoms with Gasteiger partial charge in [0.2, 0.25) is 11.8 Å². The highest BCUT2D eigenvalue weighted by Gasteiger charge is 2.44. The van der Waals surface area contributed by atoms with Crippen molar-refractivity contribution in [2.75, 3.05) is 13.0 Å². The molecule has 154 valence electrons. The van der Waals surface area contributed by atoms with Gasteiger partial charge in [-0.1, -0.05) is 6.07 Å². The Bertz CT molecular complexity index is 1200. The van der Waals surface area contributed by atoms with E-state index >= 15 is 0 Å². The lowest BCUT2D eigenvalue weighted by Gasteiger charge is -2.41. The Labute approximate surface area is 181 Å². The maximum Gasteiger partial charge on any atom is 0.262 e. The van der Waals surface area contributed by atoms with Crippen LogP contribution < -0.4 is 5.32 Å². The predicted octanol–water partition coefficient (Wildman–Crippen LogP) is 2.07. The Morgan fingerprint density at radius 1 is 1.03 bits per heavy atom. The Kier molecular flexibility index (Phi) is 2.97. The summed E-state index contributed by atoms with van der Waals surface area (Å²) >= 11 is 0. The summed E-state index contributed by atoms with van der Waals surface area (Å²) in [5.74, 6) is -5.05. The van der Waals surface area contributed by atoms with Gasteiger partial charge in [0.05, 0.1) is 11.1 Å². The topological polar surface area (TPSA) is 86.8 Å². The fourth-order valence-electron chi connectivity index (χ4n) is 3.49. The van der Waals surface area contributed by atoms with Crippen LogP contribution in [0.3, 0.4) is 0 Å². The first-order valence-corrected chi connectivity index (χ1v) is 9.35. The number of fused-ring (bicyclic) bond motifs is 1. The summed E-state index contributed by atoms with van der Waals surface area (Å²) in [4.78, 5) is 51.3. The normalized spacial score (nSPS) is 35.1. The molecule has 29 heavy (non-hydrogen) atoms. The third-order valence-electron chi connectivity index (χ3n) is 5.11. The quantitative estimate of drug-likeness (QED) is 0.761. The lowest BCUT2D eigenvalue weighted by Crippen LogP contribution is -2.54. The summed E-state index contributed by atoms with van der Waals surface area (Å²) in [5.41, 5.74) is -1.86. The number of likely N-dealkylation sites (tertiary alicyclic amines) is 1. The molecule has 3 heterocycles. The molecule has 3 aliphatic rings. The van der Waals surface area contributed by atoms with E-state index in [-0.39, 0.29) is 29.5 Å². The number of carbonyl (C=O) groups is 4. The molecular weight excluding hydrogens is 370 g/mol. The number of benzene rings is 1. The van der Waals surface area contributed by atoms with Crippen molar-refractivity contribution < 1.29 is 30.1 Å². The highest BCUT2D eigenvalue weighted by atomic mass is 16.2. The predicted molar refractivity (Wildman–Crippen MR) is 106 cm³/mol. The Balaban J connectivity index is 1.82. The van der Waals surface area contributed by atoms with Gasteiger partial charge in [0.1, 0.15) is 6.04 Å². The van der Waals surface area contributed by atoms with Crippen molar-refractivity contribution in [2.45, 2.75) is 63.9 Å². The van der Waals surface area contributed by atoms with Gasteiger partial charge in [-0.25, -0.2) is 0 Å². The van der Waals surface area contributed by atoms with Crippen LogP contribution in [0.2, 0.25) is 0 Å². The summed E-state index contributed by atoms with van der Waals surface area (Å²) in [6, 6.07) is 2.19. The fraction of sp³-hybridized carbons (Fsp3) is 0.545. The zero-order valence-corrected chi connectivity index (χ0v) is 16.3. The zero-order chi connectivity index (χ0) is 28.1. The number of piperidine rings is 2. The van der Waals surface area contributed by atoms with Gasteiger partial charge >= 0.3 is 0 Å². The lowest BCUT2D eigenvalue weighted by atomic mass is 9.86. The minimum atomic E-state index is -2.99. The minimum absolute atomic E-state index is 0.0697. The molecule has 1 aromatic rings. The van der Waals surface area contributed by atoms with E-state index in [4.69, 9.17) is 11.0 Å². The minimum Gasteiger partial charge on any atom is -0.298 e. The molecule has 0 bridgehead atoms. The average Bonchev–Trinajstić information content (AvgIpc) is 2.95. The molecule has 2 saturated heterocycles. The third-order valence-corrected chi connectivity index (χ3v) is 5.11. The second-order valence-electron chi connectivity index (χ2n) is 8.20. The van der Waals surface area contributed by atoms with Crippen LogP contribution >= 0.6 is 0 Å². The molecule has 2 fully saturated rings. The molecule has 1 aromatic carbocycles. The largest absolute Gasteiger partial charge is 0.298 e. The van der Waals surface area contributed by atoms with E-state index in [1.54, 1.807) is 0 Å². The van der Waals surface area contributed by atoms with E-state index < -0.39 is 66.9 Å². The molecule has 7 heteroatoms. The van der Waals surface area contributed by atoms with Crippen LogP contribution in [0.1, 0.15) is 89.5 Å². The van der Waals surface area contributed by atoms with Crippen LogP contribution in [-0.2, 0) is 9.59 Å². The number of carbonyl (C=O) groups excluding carboxylic acids is 4. The van der Waals surface area contributed by atoms with Gasteiger partial charge in [0.15, 0.2) is 0 Å². The van der Waals surface area contributed by atoms with Crippen molar-refractivity contribution in [2.24, 2.45) is 0 Å². The fourth-order valence-corrected chi connectivity index (χ4v) is 3.49. The molecule has 0 saturated carbocycles. The summed E-state index contributed by atoms with van der Waals surface area (Å²) in [7, 11) is 0. The number of rotatable bonds is 2. The van der Waals surface area contributed by atoms with Crippen LogP contribution in [0, 0.1) is 0 Å². The van der Waals surface area contributed by atoms with Gasteiger partial charge in [-0.15, -0.1) is 0 Å². The molecular formula is C22H27N3O4. The van der Waals surface area contributed by atoms with Gasteiger partial charge in [0, 0.05) is 22.9 Å². The summed E-state index contributed by atoms with van der Waals surface area (Å²) in [6.07, 6.45) is -6.12. The second kappa shape index (κ2) is 7.06. The Morgan fingerprint density at radius 2 is 1.69 bits per heavy atom. The molecule has 1 N–H and O–H groups in total. The molecule has 4 rings (SSSR count). The summed E-state index contributed by atoms with van der Waals surface area (Å²) < 4.78 is 69.2. The summed E-state index contributed by atoms with van der Waals surface area (Å²) in [5, 5.41) is 2.08. The molecule has 7 nitrogen and oxygen atoms in total. The first kappa shape index (κ1) is 12.2. The van der Waals surface area contributed by atoms with Crippen molar-refractivity contribution >= 4 is 23.6 Å².